The summed E-state index contributed by atoms with van der Waals surface area (Å²) in [5, 5.41) is 10.9. The molecule has 0 fully saturated rings. The van der Waals surface area contributed by atoms with E-state index in [-0.39, 0.29) is 12.2 Å². The topological polar surface area (TPSA) is 118 Å². The molecule has 0 saturated carbocycles. The molecule has 0 saturated heterocycles. The number of H-pyrrole nitrogens is 2. The number of fused-ring (bicyclic) bond motifs is 1. The van der Waals surface area contributed by atoms with E-state index in [1.165, 1.54) is 16.7 Å². The van der Waals surface area contributed by atoms with Crippen molar-refractivity contribution in [2.75, 3.05) is 0 Å². The third-order valence-corrected chi connectivity index (χ3v) is 4.62. The Morgan fingerprint density at radius 3 is 2.36 bits per heavy atom. The van der Waals surface area contributed by atoms with Crippen LogP contribution in [0.1, 0.15) is 5.56 Å². The molecule has 0 bridgehead atoms. The molecule has 2 heterocycles. The van der Waals surface area contributed by atoms with E-state index in [9.17, 15) is 19.7 Å². The van der Waals surface area contributed by atoms with Crippen molar-refractivity contribution in [3.8, 4) is 11.4 Å². The van der Waals surface area contributed by atoms with Gasteiger partial charge in [-0.05, 0) is 17.7 Å². The van der Waals surface area contributed by atoms with Gasteiger partial charge in [-0.3, -0.25) is 24.5 Å². The molecule has 0 spiro atoms. The van der Waals surface area contributed by atoms with Gasteiger partial charge in [0.05, 0.1) is 24.1 Å². The van der Waals surface area contributed by atoms with Gasteiger partial charge < -0.3 is 0 Å². The molecule has 4 rings (SSSR count). The Balaban J connectivity index is 1.91. The van der Waals surface area contributed by atoms with Crippen molar-refractivity contribution < 1.29 is 9.49 Å². The van der Waals surface area contributed by atoms with Crippen LogP contribution in [0.5, 0.6) is 0 Å². The molecule has 0 radical (unpaired) electrons. The molecule has 9 nitrogen and oxygen atoms in total. The molecule has 140 valence electrons. The number of benzene rings is 2. The van der Waals surface area contributed by atoms with E-state index in [4.69, 9.17) is 0 Å². The number of nitrogens with one attached hydrogen (secondary N) is 2. The van der Waals surface area contributed by atoms with Crippen molar-refractivity contribution in [2.24, 2.45) is 7.05 Å². The Labute approximate surface area is 157 Å². The van der Waals surface area contributed by atoms with Gasteiger partial charge in [-0.2, -0.15) is 0 Å². The highest BCUT2D eigenvalue weighted by Gasteiger charge is 2.24. The third kappa shape index (κ3) is 2.88. The average molecular weight is 378 g/mol. The van der Waals surface area contributed by atoms with Gasteiger partial charge >= 0.3 is 11.2 Å². The van der Waals surface area contributed by atoms with Crippen molar-refractivity contribution >= 4 is 16.9 Å². The highest BCUT2D eigenvalue weighted by molar-refractivity contribution is 5.70. The Hall–Kier alpha value is -4.01. The zero-order chi connectivity index (χ0) is 19.8. The number of aromatic amines is 2. The molecular weight excluding hydrogens is 362 g/mol. The third-order valence-electron chi connectivity index (χ3n) is 4.62. The molecule has 2 N–H and O–H groups in total. The van der Waals surface area contributed by atoms with Gasteiger partial charge in [-0.25, -0.2) is 14.3 Å². The van der Waals surface area contributed by atoms with Crippen molar-refractivity contribution in [1.29, 1.82) is 0 Å². The molecule has 0 atom stereocenters. The largest absolute Gasteiger partial charge is 0.332 e. The van der Waals surface area contributed by atoms with Crippen LogP contribution in [0.25, 0.3) is 22.6 Å². The van der Waals surface area contributed by atoms with Gasteiger partial charge in [0.25, 0.3) is 22.7 Å². The molecule has 0 amide bonds. The second kappa shape index (κ2) is 6.62. The summed E-state index contributed by atoms with van der Waals surface area (Å²) >= 11 is 0. The molecule has 9 heteroatoms. The smallest absolute Gasteiger partial charge is 0.270 e. The molecule has 2 aromatic heterocycles. The van der Waals surface area contributed by atoms with E-state index in [1.54, 1.807) is 23.7 Å². The minimum atomic E-state index is -0.515. The number of nitro groups is 1. The number of nitrogens with zero attached hydrogens (tertiary/aromatic N) is 3. The fourth-order valence-electron chi connectivity index (χ4n) is 3.23. The Bertz CT molecular complexity index is 1300. The van der Waals surface area contributed by atoms with Crippen LogP contribution in [0.4, 0.5) is 5.69 Å². The van der Waals surface area contributed by atoms with Crippen molar-refractivity contribution in [1.82, 2.24) is 14.5 Å². The molecule has 28 heavy (non-hydrogen) atoms. The summed E-state index contributed by atoms with van der Waals surface area (Å²) in [5.41, 5.74) is 1.21. The maximum Gasteiger partial charge on any atom is 0.332 e. The Kier molecular flexibility index (Phi) is 4.11. The molecule has 2 aromatic carbocycles. The predicted molar refractivity (Wildman–Crippen MR) is 102 cm³/mol. The molecule has 0 aliphatic carbocycles. The van der Waals surface area contributed by atoms with Gasteiger partial charge in [-0.15, -0.1) is 0 Å². The number of rotatable bonds is 4. The SMILES string of the molecule is C[n+]1c(-c2ccc([N+](=O)[O-])cc2)[nH]c2c1c(=O)[nH]c(=O)n2Cc1ccccc1. The molecule has 0 unspecified atom stereocenters. The Morgan fingerprint density at radius 2 is 1.71 bits per heavy atom. The predicted octanol–water partition coefficient (Wildman–Crippen LogP) is 1.47. The van der Waals surface area contributed by atoms with Crippen LogP contribution in [-0.4, -0.2) is 19.5 Å². The monoisotopic (exact) mass is 378 g/mol. The summed E-state index contributed by atoms with van der Waals surface area (Å²) in [4.78, 5) is 40.7. The highest BCUT2D eigenvalue weighted by Crippen LogP contribution is 2.20. The van der Waals surface area contributed by atoms with Crippen molar-refractivity contribution in [3.05, 3.63) is 91.1 Å². The lowest BCUT2D eigenvalue weighted by Gasteiger charge is -2.04. The number of imidazole rings is 1. The number of aromatic nitrogens is 4. The number of non-ortho nitro benzene ring substituents is 1. The van der Waals surface area contributed by atoms with Crippen molar-refractivity contribution in [2.45, 2.75) is 6.54 Å². The lowest BCUT2D eigenvalue weighted by molar-refractivity contribution is -0.633. The lowest BCUT2D eigenvalue weighted by atomic mass is 10.2. The number of nitro benzene ring substituents is 1. The van der Waals surface area contributed by atoms with Gasteiger partial charge in [0.15, 0.2) is 0 Å². The van der Waals surface area contributed by atoms with Gasteiger partial charge in [0.2, 0.25) is 0 Å². The van der Waals surface area contributed by atoms with Crippen LogP contribution < -0.4 is 15.8 Å². The van der Waals surface area contributed by atoms with E-state index in [2.05, 4.69) is 9.97 Å². The van der Waals surface area contributed by atoms with Gasteiger partial charge in [0.1, 0.15) is 0 Å². The van der Waals surface area contributed by atoms with E-state index in [0.29, 0.717) is 22.6 Å². The van der Waals surface area contributed by atoms with Crippen LogP contribution >= 0.6 is 0 Å². The molecule has 4 aromatic rings. The first-order valence-electron chi connectivity index (χ1n) is 8.49. The zero-order valence-electron chi connectivity index (χ0n) is 14.9. The van der Waals surface area contributed by atoms with Crippen LogP contribution in [0, 0.1) is 10.1 Å². The van der Waals surface area contributed by atoms with Crippen LogP contribution in [0.3, 0.4) is 0 Å². The molecule has 0 aliphatic rings. The second-order valence-corrected chi connectivity index (χ2v) is 6.36. The van der Waals surface area contributed by atoms with Crippen molar-refractivity contribution in [3.63, 3.8) is 0 Å². The van der Waals surface area contributed by atoms with E-state index in [0.717, 1.165) is 5.56 Å². The summed E-state index contributed by atoms with van der Waals surface area (Å²) in [6.45, 7) is 0.285. The fourth-order valence-corrected chi connectivity index (χ4v) is 3.23. The summed E-state index contributed by atoms with van der Waals surface area (Å²) in [5.74, 6) is 0.558. The quantitative estimate of drug-likeness (QED) is 0.318. The number of hydrogen-bond donors (Lipinski definition) is 2. The maximum atomic E-state index is 12.4. The summed E-state index contributed by atoms with van der Waals surface area (Å²) in [7, 11) is 1.70. The number of hydrogen-bond acceptors (Lipinski definition) is 4. The first kappa shape index (κ1) is 17.4. The maximum absolute atomic E-state index is 12.4. The first-order chi connectivity index (χ1) is 13.5. The Morgan fingerprint density at radius 1 is 1.04 bits per heavy atom. The van der Waals surface area contributed by atoms with Crippen LogP contribution in [0.2, 0.25) is 0 Å². The summed E-state index contributed by atoms with van der Waals surface area (Å²) in [6.07, 6.45) is 0. The minimum Gasteiger partial charge on any atom is -0.270 e. The second-order valence-electron chi connectivity index (χ2n) is 6.36. The molecule has 0 aliphatic heterocycles. The summed E-state index contributed by atoms with van der Waals surface area (Å²) < 4.78 is 3.09. The normalized spacial score (nSPS) is 11.0. The fraction of sp³-hybridized carbons (Fsp3) is 0.105. The average Bonchev–Trinajstić information content (AvgIpc) is 3.03. The minimum absolute atomic E-state index is 0.0265. The first-order valence-corrected chi connectivity index (χ1v) is 8.49. The lowest BCUT2D eigenvalue weighted by Crippen LogP contribution is -2.38. The van der Waals surface area contributed by atoms with E-state index >= 15 is 0 Å². The number of aryl methyl sites for hydroxylation is 1. The van der Waals surface area contributed by atoms with Gasteiger partial charge in [0, 0.05) is 12.1 Å². The van der Waals surface area contributed by atoms with E-state index < -0.39 is 16.2 Å². The highest BCUT2D eigenvalue weighted by atomic mass is 16.6. The zero-order valence-corrected chi connectivity index (χ0v) is 14.9. The van der Waals surface area contributed by atoms with Gasteiger partial charge in [-0.1, -0.05) is 30.3 Å². The van der Waals surface area contributed by atoms with Crippen LogP contribution in [0.15, 0.2) is 64.2 Å². The standard InChI is InChI=1S/C19H15N5O4/c1-22-15-17(20-16(22)13-7-9-14(10-8-13)24(27)28)23(19(26)21-18(15)25)11-12-5-3-2-4-6-12/h2-10H,11H2,1H3,(H,21,25,26)/p+1. The van der Waals surface area contributed by atoms with E-state index in [1.807, 2.05) is 30.3 Å². The summed E-state index contributed by atoms with van der Waals surface area (Å²) in [6, 6.07) is 15.4. The van der Waals surface area contributed by atoms with Crippen LogP contribution in [-0.2, 0) is 13.6 Å². The molecular formula is C19H16N5O4+.